The van der Waals surface area contributed by atoms with Gasteiger partial charge in [-0.25, -0.2) is 9.78 Å². The lowest BCUT2D eigenvalue weighted by Crippen LogP contribution is -2.10. The first-order valence-corrected chi connectivity index (χ1v) is 9.64. The fourth-order valence-electron chi connectivity index (χ4n) is 2.55. The predicted molar refractivity (Wildman–Crippen MR) is 109 cm³/mol. The van der Waals surface area contributed by atoms with Crippen LogP contribution in [0.5, 0.6) is 0 Å². The van der Waals surface area contributed by atoms with Crippen LogP contribution in [-0.4, -0.2) is 39.2 Å². The molecule has 1 aromatic heterocycles. The smallest absolute Gasteiger partial charge is 0.339 e. The summed E-state index contributed by atoms with van der Waals surface area (Å²) in [6, 6.07) is 15.8. The van der Waals surface area contributed by atoms with Crippen LogP contribution in [0.3, 0.4) is 0 Å². The molecule has 3 aromatic rings. The number of aromatic nitrogens is 2. The van der Waals surface area contributed by atoms with Gasteiger partial charge in [-0.15, -0.1) is 11.8 Å². The van der Waals surface area contributed by atoms with E-state index in [4.69, 9.17) is 4.74 Å². The van der Waals surface area contributed by atoms with Crippen LogP contribution >= 0.6 is 11.8 Å². The summed E-state index contributed by atoms with van der Waals surface area (Å²) in [7, 11) is 0. The molecule has 0 fully saturated rings. The van der Waals surface area contributed by atoms with Crippen LogP contribution < -0.4 is 0 Å². The molecular weight excluding hydrogens is 390 g/mol. The van der Waals surface area contributed by atoms with Crippen LogP contribution in [0.2, 0.25) is 0 Å². The number of nitrogens with one attached hydrogen (secondary N) is 1. The zero-order valence-electron chi connectivity index (χ0n) is 15.5. The van der Waals surface area contributed by atoms with Gasteiger partial charge in [0, 0.05) is 4.90 Å². The average molecular weight is 407 g/mol. The second-order valence-electron chi connectivity index (χ2n) is 6.10. The lowest BCUT2D eigenvalue weighted by molar-refractivity contribution is -0.114. The number of aromatic amines is 1. The van der Waals surface area contributed by atoms with E-state index in [-0.39, 0.29) is 28.5 Å². The van der Waals surface area contributed by atoms with Crippen molar-refractivity contribution in [3.63, 3.8) is 0 Å². The highest BCUT2D eigenvalue weighted by Gasteiger charge is 2.17. The number of aliphatic hydroxyl groups excluding tert-OH is 1. The number of carbonyl (C=O) groups excluding carboxylic acids is 2. The molecule has 3 rings (SSSR count). The molecule has 0 bridgehead atoms. The molecule has 0 atom stereocenters. The van der Waals surface area contributed by atoms with Crippen molar-refractivity contribution in [1.29, 1.82) is 5.26 Å². The number of imidazole rings is 1. The zero-order chi connectivity index (χ0) is 20.8. The van der Waals surface area contributed by atoms with E-state index in [2.05, 4.69) is 9.97 Å². The van der Waals surface area contributed by atoms with Gasteiger partial charge in [0.15, 0.2) is 11.6 Å². The number of thioether (sulfide) groups is 1. The first-order chi connectivity index (χ1) is 14.0. The van der Waals surface area contributed by atoms with Gasteiger partial charge in [0.1, 0.15) is 24.0 Å². The number of allylic oxidation sites excluding steroid dienone is 1. The Kier molecular flexibility index (Phi) is 6.32. The summed E-state index contributed by atoms with van der Waals surface area (Å²) in [6.45, 7) is 0.989. The molecule has 1 heterocycles. The largest absolute Gasteiger partial charge is 0.507 e. The van der Waals surface area contributed by atoms with Crippen LogP contribution in [-0.2, 0) is 9.53 Å². The van der Waals surface area contributed by atoms with Crippen molar-refractivity contribution in [3.8, 4) is 6.07 Å². The molecule has 146 valence electrons. The number of para-hydroxylation sites is 2. The Labute approximate surface area is 171 Å². The Morgan fingerprint density at radius 3 is 2.66 bits per heavy atom. The molecule has 0 unspecified atom stereocenters. The van der Waals surface area contributed by atoms with Crippen molar-refractivity contribution < 1.29 is 19.4 Å². The standard InChI is InChI=1S/C21H17N3O4S/c1-13(25)12-29-19-9-5-2-6-14(19)21(27)28-11-18(26)15(10-22)20-23-16-7-3-4-8-17(16)24-20/h2-9,26H,11-12H2,1H3,(H,23,24)/b18-15-. The van der Waals surface area contributed by atoms with Gasteiger partial charge in [-0.05, 0) is 31.2 Å². The number of hydrogen-bond donors (Lipinski definition) is 2. The van der Waals surface area contributed by atoms with Crippen molar-refractivity contribution in [1.82, 2.24) is 9.97 Å². The molecule has 2 aromatic carbocycles. The van der Waals surface area contributed by atoms with Crippen molar-refractivity contribution in [3.05, 3.63) is 65.7 Å². The minimum absolute atomic E-state index is 0.0109. The van der Waals surface area contributed by atoms with Gasteiger partial charge in [0.05, 0.1) is 22.3 Å². The van der Waals surface area contributed by atoms with E-state index in [9.17, 15) is 20.0 Å². The number of ketones is 1. The minimum atomic E-state index is -0.662. The highest BCUT2D eigenvalue weighted by Crippen LogP contribution is 2.24. The summed E-state index contributed by atoms with van der Waals surface area (Å²) >= 11 is 1.24. The van der Waals surface area contributed by atoms with Crippen molar-refractivity contribution in [2.45, 2.75) is 11.8 Å². The highest BCUT2D eigenvalue weighted by molar-refractivity contribution is 8.00. The number of nitrogens with zero attached hydrogens (tertiary/aromatic N) is 2. The summed E-state index contributed by atoms with van der Waals surface area (Å²) < 4.78 is 5.18. The SMILES string of the molecule is CC(=O)CSc1ccccc1C(=O)OC/C(O)=C(\C#N)c1nc2ccccc2[nH]1. The molecule has 7 nitrogen and oxygen atoms in total. The zero-order valence-corrected chi connectivity index (χ0v) is 16.3. The fraction of sp³-hybridized carbons (Fsp3) is 0.143. The number of esters is 1. The number of nitriles is 1. The van der Waals surface area contributed by atoms with E-state index < -0.39 is 18.3 Å². The maximum atomic E-state index is 12.4. The van der Waals surface area contributed by atoms with Gasteiger partial charge in [-0.3, -0.25) is 4.79 Å². The molecule has 0 aliphatic rings. The molecule has 0 spiro atoms. The number of hydrogen-bond acceptors (Lipinski definition) is 7. The molecule has 0 amide bonds. The fourth-order valence-corrected chi connectivity index (χ4v) is 3.39. The number of ether oxygens (including phenoxy) is 1. The molecule has 0 saturated heterocycles. The lowest BCUT2D eigenvalue weighted by atomic mass is 10.2. The number of Topliss-reactive ketones (excluding diaryl/α,β-unsaturated/α-hetero) is 1. The second-order valence-corrected chi connectivity index (χ2v) is 7.12. The maximum absolute atomic E-state index is 12.4. The van der Waals surface area contributed by atoms with Crippen LogP contribution in [0.15, 0.2) is 59.2 Å². The maximum Gasteiger partial charge on any atom is 0.339 e. The predicted octanol–water partition coefficient (Wildman–Crippen LogP) is 3.89. The Morgan fingerprint density at radius 1 is 1.21 bits per heavy atom. The normalized spacial score (nSPS) is 11.6. The number of aliphatic hydroxyl groups is 1. The quantitative estimate of drug-likeness (QED) is 0.264. The Bertz CT molecular complexity index is 1110. The van der Waals surface area contributed by atoms with Crippen molar-refractivity contribution in [2.24, 2.45) is 0 Å². The van der Waals surface area contributed by atoms with E-state index in [0.29, 0.717) is 10.4 Å². The summed E-state index contributed by atoms with van der Waals surface area (Å²) in [6.07, 6.45) is 0. The number of fused-ring (bicyclic) bond motifs is 1. The van der Waals surface area contributed by atoms with Gasteiger partial charge in [-0.1, -0.05) is 24.3 Å². The van der Waals surface area contributed by atoms with E-state index in [1.54, 1.807) is 36.4 Å². The molecule has 0 radical (unpaired) electrons. The summed E-state index contributed by atoms with van der Waals surface area (Å²) in [5.74, 6) is -0.651. The third-order valence-corrected chi connectivity index (χ3v) is 5.12. The average Bonchev–Trinajstić information content (AvgIpc) is 3.14. The van der Waals surface area contributed by atoms with E-state index >= 15 is 0 Å². The first-order valence-electron chi connectivity index (χ1n) is 8.65. The molecular formula is C21H17N3O4S. The number of benzene rings is 2. The summed E-state index contributed by atoms with van der Waals surface area (Å²) in [5, 5.41) is 19.7. The number of rotatable bonds is 7. The van der Waals surface area contributed by atoms with E-state index in [1.807, 2.05) is 18.2 Å². The van der Waals surface area contributed by atoms with Crippen LogP contribution in [0, 0.1) is 11.3 Å². The molecule has 0 aliphatic carbocycles. The van der Waals surface area contributed by atoms with Gasteiger partial charge in [0.2, 0.25) is 0 Å². The topological polar surface area (TPSA) is 116 Å². The third kappa shape index (κ3) is 4.83. The Balaban J connectivity index is 1.76. The lowest BCUT2D eigenvalue weighted by Gasteiger charge is -2.09. The summed E-state index contributed by atoms with van der Waals surface area (Å²) in [4.78, 5) is 31.5. The second kappa shape index (κ2) is 9.08. The van der Waals surface area contributed by atoms with Crippen molar-refractivity contribution >= 4 is 40.1 Å². The molecule has 0 aliphatic heterocycles. The monoisotopic (exact) mass is 407 g/mol. The van der Waals surface area contributed by atoms with Crippen LogP contribution in [0.4, 0.5) is 0 Å². The van der Waals surface area contributed by atoms with E-state index in [1.165, 1.54) is 18.7 Å². The molecule has 0 saturated carbocycles. The molecule has 8 heteroatoms. The Hall–Kier alpha value is -3.57. The van der Waals surface area contributed by atoms with Gasteiger partial charge >= 0.3 is 5.97 Å². The van der Waals surface area contributed by atoms with E-state index in [0.717, 1.165) is 5.52 Å². The third-order valence-electron chi connectivity index (χ3n) is 3.90. The van der Waals surface area contributed by atoms with Crippen LogP contribution in [0.25, 0.3) is 16.6 Å². The first kappa shape index (κ1) is 20.2. The minimum Gasteiger partial charge on any atom is -0.507 e. The Morgan fingerprint density at radius 2 is 1.93 bits per heavy atom. The molecule has 29 heavy (non-hydrogen) atoms. The van der Waals surface area contributed by atoms with Gasteiger partial charge in [-0.2, -0.15) is 5.26 Å². The van der Waals surface area contributed by atoms with Crippen molar-refractivity contribution in [2.75, 3.05) is 12.4 Å². The number of H-pyrrole nitrogens is 1. The molecule has 2 N–H and O–H groups in total. The highest BCUT2D eigenvalue weighted by atomic mass is 32.2. The number of carbonyl (C=O) groups is 2. The summed E-state index contributed by atoms with van der Waals surface area (Å²) in [5.41, 5.74) is 1.55. The van der Waals surface area contributed by atoms with Crippen LogP contribution in [0.1, 0.15) is 23.1 Å². The van der Waals surface area contributed by atoms with Gasteiger partial charge in [0.25, 0.3) is 0 Å². The van der Waals surface area contributed by atoms with Gasteiger partial charge < -0.3 is 14.8 Å².